The zero-order valence-electron chi connectivity index (χ0n) is 5.71. The number of hydrogen-bond donors (Lipinski definition) is 1. The van der Waals surface area contributed by atoms with Crippen LogP contribution in [-0.2, 0) is 4.79 Å². The number of carboxylic acids is 1. The fraction of sp³-hybridized carbons (Fsp3) is 0. The van der Waals surface area contributed by atoms with Gasteiger partial charge in [0.2, 0.25) is 0 Å². The van der Waals surface area contributed by atoms with Crippen molar-refractivity contribution in [2.45, 2.75) is 0 Å². The molecule has 0 aromatic carbocycles. The van der Waals surface area contributed by atoms with E-state index in [0.29, 0.717) is 3.70 Å². The second-order valence-corrected chi connectivity index (χ2v) is 4.19. The van der Waals surface area contributed by atoms with E-state index in [2.05, 4.69) is 10.9 Å². The summed E-state index contributed by atoms with van der Waals surface area (Å²) in [5.41, 5.74) is 0.209. The summed E-state index contributed by atoms with van der Waals surface area (Å²) >= 11 is 3.89. The largest absolute Gasteiger partial charge is 0.478 e. The molecule has 0 spiro atoms. The second-order valence-electron chi connectivity index (χ2n) is 1.92. The van der Waals surface area contributed by atoms with Crippen LogP contribution in [0.5, 0.6) is 0 Å². The molecule has 1 aliphatic rings. The van der Waals surface area contributed by atoms with Crippen molar-refractivity contribution >= 4 is 57.0 Å². The third-order valence-corrected chi connectivity index (χ3v) is 2.55. The summed E-state index contributed by atoms with van der Waals surface area (Å²) < 4.78 is 1.25. The van der Waals surface area contributed by atoms with Gasteiger partial charge in [-0.05, 0) is 57.1 Å². The Labute approximate surface area is 96.2 Å². The van der Waals surface area contributed by atoms with Gasteiger partial charge in [-0.2, -0.15) is 4.99 Å². The molecule has 0 radical (unpaired) electrons. The molecule has 1 heterocycles. The van der Waals surface area contributed by atoms with Crippen LogP contribution in [0.1, 0.15) is 0 Å². The standard InChI is InChI=1S/C7H3I2NO2/c8-4-1-2-10-6(9)5(3-4)7(11)12/h1,3H,(H,11,12). The minimum absolute atomic E-state index is 0.209. The molecular formula is C7H3I2NO2. The number of rotatable bonds is 1. The number of carbonyl (C=O) groups is 1. The Hall–Kier alpha value is -0.140. The van der Waals surface area contributed by atoms with E-state index in [1.807, 2.05) is 45.2 Å². The van der Waals surface area contributed by atoms with Gasteiger partial charge in [0.15, 0.2) is 0 Å². The smallest absolute Gasteiger partial charge is 0.338 e. The van der Waals surface area contributed by atoms with Crippen molar-refractivity contribution in [1.82, 2.24) is 0 Å². The van der Waals surface area contributed by atoms with Crippen molar-refractivity contribution < 1.29 is 9.90 Å². The first-order chi connectivity index (χ1) is 5.61. The first-order valence-corrected chi connectivity index (χ1v) is 5.07. The average Bonchev–Trinajstić information content (AvgIpc) is 2.13. The lowest BCUT2D eigenvalue weighted by Gasteiger charge is -1.94. The highest BCUT2D eigenvalue weighted by Gasteiger charge is 2.10. The van der Waals surface area contributed by atoms with Crippen molar-refractivity contribution in [2.24, 2.45) is 4.99 Å². The van der Waals surface area contributed by atoms with E-state index in [4.69, 9.17) is 5.11 Å². The molecule has 0 aliphatic carbocycles. The zero-order chi connectivity index (χ0) is 9.14. The molecule has 1 aliphatic heterocycles. The minimum atomic E-state index is -0.964. The van der Waals surface area contributed by atoms with Crippen molar-refractivity contribution in [3.63, 3.8) is 0 Å². The van der Waals surface area contributed by atoms with Crippen LogP contribution in [0.2, 0.25) is 0 Å². The number of aliphatic carboxylic acids is 1. The van der Waals surface area contributed by atoms with Gasteiger partial charge < -0.3 is 5.11 Å². The van der Waals surface area contributed by atoms with Gasteiger partial charge in [0, 0.05) is 9.66 Å². The molecule has 0 atom stereocenters. The van der Waals surface area contributed by atoms with Crippen molar-refractivity contribution in [2.75, 3.05) is 0 Å². The Kier molecular flexibility index (Phi) is 3.48. The molecule has 3 nitrogen and oxygen atoms in total. The maximum atomic E-state index is 10.7. The molecule has 62 valence electrons. The Bertz CT molecular complexity index is 348. The first-order valence-electron chi connectivity index (χ1n) is 2.91. The van der Waals surface area contributed by atoms with Crippen LogP contribution < -0.4 is 0 Å². The Morgan fingerprint density at radius 1 is 1.58 bits per heavy atom. The van der Waals surface area contributed by atoms with Gasteiger partial charge in [-0.15, -0.1) is 0 Å². The number of carboxylic acid groups (broad SMARTS) is 1. The molecule has 0 aromatic heterocycles. The molecule has 0 saturated carbocycles. The van der Waals surface area contributed by atoms with E-state index in [0.717, 1.165) is 3.58 Å². The number of hydrogen-bond acceptors (Lipinski definition) is 2. The molecule has 0 saturated heterocycles. The summed E-state index contributed by atoms with van der Waals surface area (Å²) in [6.45, 7) is 0. The number of nitrogens with zero attached hydrogens (tertiary/aromatic N) is 1. The molecular weight excluding hydrogens is 384 g/mol. The van der Waals surface area contributed by atoms with Crippen LogP contribution in [0, 0.1) is 0 Å². The first kappa shape index (κ1) is 9.94. The molecule has 0 bridgehead atoms. The van der Waals surface area contributed by atoms with E-state index >= 15 is 0 Å². The molecule has 12 heavy (non-hydrogen) atoms. The van der Waals surface area contributed by atoms with E-state index < -0.39 is 5.97 Å². The van der Waals surface area contributed by atoms with Crippen molar-refractivity contribution in [3.8, 4) is 0 Å². The van der Waals surface area contributed by atoms with Gasteiger partial charge in [0.05, 0.1) is 5.57 Å². The lowest BCUT2D eigenvalue weighted by atomic mass is 10.3. The van der Waals surface area contributed by atoms with Crippen LogP contribution in [0.25, 0.3) is 0 Å². The number of aliphatic imine (C=N–C) groups is 1. The Morgan fingerprint density at radius 3 is 2.83 bits per heavy atom. The molecule has 0 amide bonds. The van der Waals surface area contributed by atoms with Crippen molar-refractivity contribution in [1.29, 1.82) is 0 Å². The number of halogens is 2. The van der Waals surface area contributed by atoms with Crippen LogP contribution in [0.3, 0.4) is 0 Å². The lowest BCUT2D eigenvalue weighted by Crippen LogP contribution is -1.98. The fourth-order valence-corrected chi connectivity index (χ4v) is 1.58. The SMILES string of the molecule is O=C(O)C1=C(I)N=C=CC(I)=C1. The minimum Gasteiger partial charge on any atom is -0.478 e. The summed E-state index contributed by atoms with van der Waals surface area (Å²) in [5.74, 6) is 1.66. The second kappa shape index (κ2) is 4.20. The van der Waals surface area contributed by atoms with Gasteiger partial charge in [0.25, 0.3) is 0 Å². The summed E-state index contributed by atoms with van der Waals surface area (Å²) in [6.07, 6.45) is 3.20. The van der Waals surface area contributed by atoms with Gasteiger partial charge in [-0.1, -0.05) is 0 Å². The van der Waals surface area contributed by atoms with Crippen LogP contribution in [0.15, 0.2) is 30.0 Å². The zero-order valence-corrected chi connectivity index (χ0v) is 10.0. The third-order valence-electron chi connectivity index (χ3n) is 1.10. The van der Waals surface area contributed by atoms with E-state index in [-0.39, 0.29) is 5.57 Å². The molecule has 0 unspecified atom stereocenters. The molecule has 1 rings (SSSR count). The van der Waals surface area contributed by atoms with Crippen molar-refractivity contribution in [3.05, 3.63) is 25.0 Å². The average molecular weight is 387 g/mol. The molecule has 1 N–H and O–H groups in total. The molecule has 0 fully saturated rings. The Balaban J connectivity index is 3.23. The van der Waals surface area contributed by atoms with Gasteiger partial charge in [-0.25, -0.2) is 4.79 Å². The van der Waals surface area contributed by atoms with Crippen LogP contribution in [0.4, 0.5) is 0 Å². The predicted octanol–water partition coefficient (Wildman–Crippen LogP) is 2.28. The van der Waals surface area contributed by atoms with E-state index in [1.165, 1.54) is 0 Å². The van der Waals surface area contributed by atoms with Crippen LogP contribution >= 0.6 is 45.2 Å². The topological polar surface area (TPSA) is 49.7 Å². The normalized spacial score (nSPS) is 16.0. The van der Waals surface area contributed by atoms with Gasteiger partial charge >= 0.3 is 5.97 Å². The predicted molar refractivity (Wildman–Crippen MR) is 62.8 cm³/mol. The monoisotopic (exact) mass is 387 g/mol. The summed E-state index contributed by atoms with van der Waals surface area (Å²) in [7, 11) is 0. The van der Waals surface area contributed by atoms with E-state index in [9.17, 15) is 4.79 Å². The van der Waals surface area contributed by atoms with E-state index in [1.54, 1.807) is 12.2 Å². The molecule has 0 aromatic rings. The maximum absolute atomic E-state index is 10.7. The highest BCUT2D eigenvalue weighted by Crippen LogP contribution is 2.21. The summed E-state index contributed by atoms with van der Waals surface area (Å²) in [4.78, 5) is 14.5. The summed E-state index contributed by atoms with van der Waals surface area (Å²) in [6, 6.07) is 0. The number of allylic oxidation sites excluding steroid dienone is 2. The lowest BCUT2D eigenvalue weighted by molar-refractivity contribution is -0.132. The fourth-order valence-electron chi connectivity index (χ4n) is 0.600. The van der Waals surface area contributed by atoms with Gasteiger partial charge in [-0.3, -0.25) is 0 Å². The highest BCUT2D eigenvalue weighted by molar-refractivity contribution is 14.1. The highest BCUT2D eigenvalue weighted by atomic mass is 127. The molecule has 5 heteroatoms. The summed E-state index contributed by atoms with van der Waals surface area (Å²) in [5, 5.41) is 8.74. The quantitative estimate of drug-likeness (QED) is 0.555. The third kappa shape index (κ3) is 2.43. The van der Waals surface area contributed by atoms with Crippen LogP contribution in [-0.4, -0.2) is 16.9 Å². The maximum Gasteiger partial charge on any atom is 0.338 e. The Morgan fingerprint density at radius 2 is 2.25 bits per heavy atom. The van der Waals surface area contributed by atoms with Gasteiger partial charge in [0.1, 0.15) is 3.70 Å².